The Hall–Kier alpha value is -0.0748. The topological polar surface area (TPSA) is 55.8 Å². The molecule has 0 aromatic carbocycles. The molecule has 1 aromatic rings. The normalized spacial score (nSPS) is 24.9. The number of hydrogen-bond donors (Lipinski definition) is 1. The smallest absolute Gasteiger partial charge is 0.436 e. The van der Waals surface area contributed by atoms with E-state index in [9.17, 15) is 0 Å². The molecule has 0 bridgehead atoms. The van der Waals surface area contributed by atoms with Crippen molar-refractivity contribution in [1.29, 1.82) is 5.41 Å². The predicted molar refractivity (Wildman–Crippen MR) is 63.5 cm³/mol. The SMILES string of the molecule is C=[C-]C(=N)N1CCN(c2cccnc2)C2OC21.[Rb+]. The number of nitrogens with one attached hydrogen (secondary N) is 1. The molecule has 2 fully saturated rings. The van der Waals surface area contributed by atoms with Crippen LogP contribution < -0.4 is 63.1 Å². The van der Waals surface area contributed by atoms with E-state index in [-0.39, 0.29) is 70.6 Å². The van der Waals surface area contributed by atoms with E-state index < -0.39 is 0 Å². The summed E-state index contributed by atoms with van der Waals surface area (Å²) < 4.78 is 5.60. The molecule has 1 N–H and O–H groups in total. The maximum Gasteiger partial charge on any atom is 1.00 e. The molecule has 3 rings (SSSR count). The second kappa shape index (κ2) is 5.92. The number of nitrogens with zero attached hydrogens (tertiary/aromatic N) is 3. The summed E-state index contributed by atoms with van der Waals surface area (Å²) in [5.74, 6) is 0.309. The molecule has 2 saturated heterocycles. The van der Waals surface area contributed by atoms with Crippen LogP contribution in [0.5, 0.6) is 0 Å². The van der Waals surface area contributed by atoms with Gasteiger partial charge in [-0.3, -0.25) is 11.6 Å². The van der Waals surface area contributed by atoms with Crippen molar-refractivity contribution in [2.45, 2.75) is 12.5 Å². The number of anilines is 1. The molecule has 0 saturated carbocycles. The van der Waals surface area contributed by atoms with Gasteiger partial charge in [-0.2, -0.15) is 0 Å². The van der Waals surface area contributed by atoms with E-state index in [0.717, 1.165) is 18.8 Å². The Kier molecular flexibility index (Phi) is 4.72. The van der Waals surface area contributed by atoms with Crippen molar-refractivity contribution in [2.24, 2.45) is 0 Å². The molecule has 2 atom stereocenters. The van der Waals surface area contributed by atoms with Crippen molar-refractivity contribution in [1.82, 2.24) is 9.88 Å². The molecule has 88 valence electrons. The van der Waals surface area contributed by atoms with Gasteiger partial charge in [0.1, 0.15) is 0 Å². The van der Waals surface area contributed by atoms with Gasteiger partial charge in [-0.05, 0) is 12.1 Å². The fourth-order valence-corrected chi connectivity index (χ4v) is 2.16. The monoisotopic (exact) mass is 314 g/mol. The summed E-state index contributed by atoms with van der Waals surface area (Å²) >= 11 is 0. The quantitative estimate of drug-likeness (QED) is 0.293. The number of aromatic nitrogens is 1. The molecule has 0 amide bonds. The first-order valence-corrected chi connectivity index (χ1v) is 5.51. The Morgan fingerprint density at radius 1 is 1.50 bits per heavy atom. The van der Waals surface area contributed by atoms with Crippen LogP contribution in [0.1, 0.15) is 0 Å². The van der Waals surface area contributed by atoms with Crippen LogP contribution in [0, 0.1) is 11.5 Å². The fourth-order valence-electron chi connectivity index (χ4n) is 2.16. The number of hydrogen-bond acceptors (Lipinski definition) is 4. The molecule has 6 heteroatoms. The van der Waals surface area contributed by atoms with Crippen molar-refractivity contribution in [3.8, 4) is 0 Å². The summed E-state index contributed by atoms with van der Waals surface area (Å²) in [6, 6.07) is 3.94. The van der Waals surface area contributed by atoms with Gasteiger partial charge in [0.2, 0.25) is 0 Å². The number of amidine groups is 1. The average Bonchev–Trinajstić information content (AvgIpc) is 3.17. The molecular weight excluding hydrogens is 302 g/mol. The number of fused-ring (bicyclic) bond motifs is 1. The minimum Gasteiger partial charge on any atom is -0.436 e. The molecule has 2 aliphatic heterocycles. The zero-order chi connectivity index (χ0) is 11.8. The minimum atomic E-state index is -0.0364. The summed E-state index contributed by atoms with van der Waals surface area (Å²) in [6.07, 6.45) is 6.18. The van der Waals surface area contributed by atoms with Crippen LogP contribution in [0.2, 0.25) is 0 Å². The Bertz CT molecular complexity index is 453. The van der Waals surface area contributed by atoms with Crippen LogP contribution in [-0.4, -0.2) is 41.3 Å². The van der Waals surface area contributed by atoms with Crippen LogP contribution in [0.4, 0.5) is 5.69 Å². The van der Waals surface area contributed by atoms with Crippen molar-refractivity contribution >= 4 is 11.5 Å². The van der Waals surface area contributed by atoms with E-state index in [2.05, 4.69) is 22.5 Å². The largest absolute Gasteiger partial charge is 1.00 e. The van der Waals surface area contributed by atoms with Gasteiger partial charge in [-0.25, -0.2) is 0 Å². The number of ether oxygens (including phenoxy) is 1. The van der Waals surface area contributed by atoms with Gasteiger partial charge < -0.3 is 26.0 Å². The molecule has 0 spiro atoms. The Morgan fingerprint density at radius 3 is 3.00 bits per heavy atom. The standard InChI is InChI=1S/C12H13N4O.Rb/c1-2-10(13)16-7-6-15(11-12(16)17-11)9-4-3-5-14-8-9;/h3-5,8,11-13H,1,6-7H2;/q-1;+1. The van der Waals surface area contributed by atoms with Gasteiger partial charge in [-0.1, -0.05) is 5.84 Å². The van der Waals surface area contributed by atoms with Gasteiger partial charge in [-0.15, -0.1) is 0 Å². The number of piperazine rings is 1. The third kappa shape index (κ3) is 2.60. The second-order valence-electron chi connectivity index (χ2n) is 4.04. The van der Waals surface area contributed by atoms with Crippen LogP contribution in [0.3, 0.4) is 0 Å². The molecule has 2 aliphatic rings. The van der Waals surface area contributed by atoms with E-state index in [0.29, 0.717) is 5.84 Å². The van der Waals surface area contributed by atoms with Crippen LogP contribution >= 0.6 is 0 Å². The van der Waals surface area contributed by atoms with Crippen molar-refractivity contribution in [3.05, 3.63) is 37.2 Å². The maximum absolute atomic E-state index is 7.70. The summed E-state index contributed by atoms with van der Waals surface area (Å²) in [5, 5.41) is 7.70. The zero-order valence-corrected chi connectivity index (χ0v) is 15.3. The Balaban J connectivity index is 0.00000120. The third-order valence-corrected chi connectivity index (χ3v) is 3.07. The molecule has 0 aliphatic carbocycles. The van der Waals surface area contributed by atoms with Gasteiger partial charge in [0.15, 0.2) is 12.5 Å². The van der Waals surface area contributed by atoms with E-state index in [4.69, 9.17) is 10.1 Å². The molecule has 0 radical (unpaired) electrons. The summed E-state index contributed by atoms with van der Waals surface area (Å²) in [6.45, 7) is 5.06. The second-order valence-corrected chi connectivity index (χ2v) is 4.04. The number of epoxide rings is 1. The predicted octanol–water partition coefficient (Wildman–Crippen LogP) is -2.14. The first-order chi connectivity index (χ1) is 8.31. The Morgan fingerprint density at radius 2 is 2.33 bits per heavy atom. The average molecular weight is 315 g/mol. The molecular formula is C12H13N4ORb. The van der Waals surface area contributed by atoms with E-state index in [1.807, 2.05) is 23.2 Å². The zero-order valence-electron chi connectivity index (χ0n) is 10.3. The van der Waals surface area contributed by atoms with Crippen molar-refractivity contribution < 1.29 is 62.9 Å². The van der Waals surface area contributed by atoms with Crippen molar-refractivity contribution in [3.63, 3.8) is 0 Å². The fraction of sp³-hybridized carbons (Fsp3) is 0.333. The molecule has 18 heavy (non-hydrogen) atoms. The number of rotatable bonds is 2. The first kappa shape index (κ1) is 14.3. The summed E-state index contributed by atoms with van der Waals surface area (Å²) in [5.41, 5.74) is 1.06. The Labute approximate surface area is 155 Å². The first-order valence-electron chi connectivity index (χ1n) is 5.51. The molecule has 2 unspecified atom stereocenters. The molecule has 5 nitrogen and oxygen atoms in total. The molecule has 1 aromatic heterocycles. The maximum atomic E-state index is 7.70. The van der Waals surface area contributed by atoms with Crippen LogP contribution in [0.15, 0.2) is 31.1 Å². The van der Waals surface area contributed by atoms with E-state index in [1.165, 1.54) is 0 Å². The molecule has 3 heterocycles. The minimum absolute atomic E-state index is 0. The van der Waals surface area contributed by atoms with Gasteiger partial charge in [0.25, 0.3) is 0 Å². The van der Waals surface area contributed by atoms with Crippen molar-refractivity contribution in [2.75, 3.05) is 18.0 Å². The van der Waals surface area contributed by atoms with Gasteiger partial charge in [0, 0.05) is 19.3 Å². The van der Waals surface area contributed by atoms with E-state index >= 15 is 0 Å². The summed E-state index contributed by atoms with van der Waals surface area (Å²) in [7, 11) is 0. The van der Waals surface area contributed by atoms with Crippen LogP contribution in [-0.2, 0) is 4.74 Å². The third-order valence-electron chi connectivity index (χ3n) is 3.07. The van der Waals surface area contributed by atoms with E-state index in [1.54, 1.807) is 6.20 Å². The van der Waals surface area contributed by atoms with Gasteiger partial charge >= 0.3 is 58.2 Å². The van der Waals surface area contributed by atoms with Gasteiger partial charge in [0.05, 0.1) is 11.9 Å². The number of pyridine rings is 1. The summed E-state index contributed by atoms with van der Waals surface area (Å²) in [4.78, 5) is 8.16. The van der Waals surface area contributed by atoms with Crippen LogP contribution in [0.25, 0.3) is 0 Å².